The van der Waals surface area contributed by atoms with Gasteiger partial charge in [-0.3, -0.25) is 14.4 Å². The molecule has 1 aliphatic carbocycles. The number of nitrogens with zero attached hydrogens (tertiary/aromatic N) is 2. The molecule has 5 rings (SSSR count). The predicted octanol–water partition coefficient (Wildman–Crippen LogP) is 4.58. The van der Waals surface area contributed by atoms with Crippen LogP contribution in [0.1, 0.15) is 58.7 Å². The van der Waals surface area contributed by atoms with Gasteiger partial charge in [-0.15, -0.1) is 0 Å². The quantitative estimate of drug-likeness (QED) is 0.334. The van der Waals surface area contributed by atoms with Crippen LogP contribution in [-0.4, -0.2) is 40.2 Å². The predicted molar refractivity (Wildman–Crippen MR) is 144 cm³/mol. The Kier molecular flexibility index (Phi) is 7.26. The molecule has 1 saturated carbocycles. The van der Waals surface area contributed by atoms with Gasteiger partial charge in [0.2, 0.25) is 5.91 Å². The number of furan rings is 1. The van der Waals surface area contributed by atoms with Crippen molar-refractivity contribution in [2.45, 2.75) is 45.1 Å². The van der Waals surface area contributed by atoms with Crippen molar-refractivity contribution in [3.8, 4) is 11.3 Å². The Labute approximate surface area is 220 Å². The van der Waals surface area contributed by atoms with E-state index >= 15 is 0 Å². The summed E-state index contributed by atoms with van der Waals surface area (Å²) in [6.07, 6.45) is 8.69. The molecule has 0 aliphatic heterocycles. The van der Waals surface area contributed by atoms with E-state index in [0.717, 1.165) is 43.2 Å². The molecule has 1 fully saturated rings. The number of fused-ring (bicyclic) bond motifs is 1. The number of aromatic nitrogens is 2. The molecule has 3 aromatic heterocycles. The topological polar surface area (TPSA) is 118 Å². The number of amides is 3. The first-order valence-corrected chi connectivity index (χ1v) is 12.9. The fourth-order valence-electron chi connectivity index (χ4n) is 4.95. The summed E-state index contributed by atoms with van der Waals surface area (Å²) in [6.45, 7) is 1.98. The minimum atomic E-state index is -0.582. The van der Waals surface area contributed by atoms with Crippen LogP contribution < -0.4 is 16.0 Å². The summed E-state index contributed by atoms with van der Waals surface area (Å²) in [5.74, 6) is -0.133. The van der Waals surface area contributed by atoms with Crippen LogP contribution in [0.3, 0.4) is 0 Å². The number of carbonyl (C=O) groups is 3. The first kappa shape index (κ1) is 25.3. The zero-order valence-electron chi connectivity index (χ0n) is 21.5. The van der Waals surface area contributed by atoms with Gasteiger partial charge in [-0.1, -0.05) is 19.3 Å². The van der Waals surface area contributed by atoms with Crippen LogP contribution >= 0.6 is 0 Å². The second-order valence-corrected chi connectivity index (χ2v) is 9.75. The van der Waals surface area contributed by atoms with Crippen molar-refractivity contribution < 1.29 is 18.8 Å². The molecule has 0 bridgehead atoms. The smallest absolute Gasteiger partial charge is 0.287 e. The van der Waals surface area contributed by atoms with Crippen molar-refractivity contribution in [3.05, 3.63) is 77.9 Å². The minimum absolute atomic E-state index is 0.120. The third-order valence-corrected chi connectivity index (χ3v) is 7.04. The molecule has 0 radical (unpaired) electrons. The summed E-state index contributed by atoms with van der Waals surface area (Å²) in [4.78, 5) is 42.5. The van der Waals surface area contributed by atoms with Crippen LogP contribution in [0.2, 0.25) is 0 Å². The van der Waals surface area contributed by atoms with Gasteiger partial charge in [-0.2, -0.15) is 0 Å². The van der Waals surface area contributed by atoms with Crippen LogP contribution in [0.4, 0.5) is 5.69 Å². The Morgan fingerprint density at radius 3 is 2.50 bits per heavy atom. The molecule has 4 aromatic rings. The van der Waals surface area contributed by atoms with Crippen molar-refractivity contribution in [3.63, 3.8) is 0 Å². The number of imidazole rings is 1. The van der Waals surface area contributed by atoms with Crippen molar-refractivity contribution in [1.29, 1.82) is 0 Å². The molecule has 3 heterocycles. The SMILES string of the molecule is CNC(=O)[C@@H](NC(=O)c1ccc(-c2ccc(NC(=O)c3cn4ccc(C)cc4n3)cc2)o1)C1CCCCC1. The Hall–Kier alpha value is -4.40. The van der Waals surface area contributed by atoms with E-state index in [2.05, 4.69) is 20.9 Å². The van der Waals surface area contributed by atoms with E-state index in [1.807, 2.05) is 29.7 Å². The molecule has 1 aromatic carbocycles. The largest absolute Gasteiger partial charge is 0.451 e. The van der Waals surface area contributed by atoms with Crippen molar-refractivity contribution in [1.82, 2.24) is 20.0 Å². The highest BCUT2D eigenvalue weighted by atomic mass is 16.4. The van der Waals surface area contributed by atoms with Gasteiger partial charge in [-0.25, -0.2) is 4.98 Å². The molecular formula is C29H31N5O4. The van der Waals surface area contributed by atoms with Gasteiger partial charge in [-0.05, 0) is 79.8 Å². The summed E-state index contributed by atoms with van der Waals surface area (Å²) < 4.78 is 7.63. The van der Waals surface area contributed by atoms with Gasteiger partial charge in [0.25, 0.3) is 11.8 Å². The molecule has 3 amide bonds. The number of rotatable bonds is 7. The number of benzene rings is 1. The lowest BCUT2D eigenvalue weighted by molar-refractivity contribution is -0.124. The minimum Gasteiger partial charge on any atom is -0.451 e. The Morgan fingerprint density at radius 1 is 1.00 bits per heavy atom. The van der Waals surface area contributed by atoms with Gasteiger partial charge in [0.05, 0.1) is 0 Å². The third kappa shape index (κ3) is 5.46. The molecule has 0 saturated heterocycles. The second kappa shape index (κ2) is 10.9. The Balaban J connectivity index is 1.24. The highest BCUT2D eigenvalue weighted by Crippen LogP contribution is 2.28. The monoisotopic (exact) mass is 513 g/mol. The van der Waals surface area contributed by atoms with Crippen molar-refractivity contribution in [2.75, 3.05) is 12.4 Å². The van der Waals surface area contributed by atoms with Crippen molar-refractivity contribution in [2.24, 2.45) is 5.92 Å². The molecule has 196 valence electrons. The maximum Gasteiger partial charge on any atom is 0.287 e. The number of hydrogen-bond acceptors (Lipinski definition) is 5. The summed E-state index contributed by atoms with van der Waals surface area (Å²) in [6, 6.07) is 13.7. The van der Waals surface area contributed by atoms with E-state index in [1.54, 1.807) is 49.6 Å². The lowest BCUT2D eigenvalue weighted by Gasteiger charge is -2.29. The summed E-state index contributed by atoms with van der Waals surface area (Å²) >= 11 is 0. The molecular weight excluding hydrogens is 482 g/mol. The number of anilines is 1. The zero-order chi connectivity index (χ0) is 26.6. The first-order chi connectivity index (χ1) is 18.4. The lowest BCUT2D eigenvalue weighted by atomic mass is 9.83. The number of hydrogen-bond donors (Lipinski definition) is 3. The van der Waals surface area contributed by atoms with Crippen LogP contribution in [0.15, 0.2) is 65.3 Å². The van der Waals surface area contributed by atoms with Crippen LogP contribution in [0.25, 0.3) is 17.0 Å². The molecule has 3 N–H and O–H groups in total. The number of likely N-dealkylation sites (N-methyl/N-ethyl adjacent to an activating group) is 1. The molecule has 9 nitrogen and oxygen atoms in total. The standard InChI is InChI=1S/C29H31N5O4/c1-18-14-15-34-17-22(32-25(34)16-18)27(35)31-21-10-8-19(9-11-21)23-12-13-24(38-23)28(36)33-26(29(37)30-2)20-6-4-3-5-7-20/h8-17,20,26H,3-7H2,1-2H3,(H,30,37)(H,31,35)(H,33,36)/t26-/m0/s1. The van der Waals surface area contributed by atoms with Gasteiger partial charge in [0.15, 0.2) is 5.76 Å². The molecule has 1 atom stereocenters. The molecule has 1 aliphatic rings. The molecule has 0 unspecified atom stereocenters. The van der Waals surface area contributed by atoms with Gasteiger partial charge >= 0.3 is 0 Å². The maximum atomic E-state index is 12.9. The fourth-order valence-corrected chi connectivity index (χ4v) is 4.95. The number of carbonyl (C=O) groups excluding carboxylic acids is 3. The highest BCUT2D eigenvalue weighted by molar-refractivity contribution is 6.03. The lowest BCUT2D eigenvalue weighted by Crippen LogP contribution is -2.50. The Morgan fingerprint density at radius 2 is 1.76 bits per heavy atom. The van der Waals surface area contributed by atoms with Crippen LogP contribution in [-0.2, 0) is 4.79 Å². The molecule has 9 heteroatoms. The number of pyridine rings is 1. The van der Waals surface area contributed by atoms with E-state index < -0.39 is 11.9 Å². The summed E-state index contributed by atoms with van der Waals surface area (Å²) in [5, 5.41) is 8.40. The molecule has 0 spiro atoms. The normalized spacial score (nSPS) is 14.7. The average molecular weight is 514 g/mol. The first-order valence-electron chi connectivity index (χ1n) is 12.9. The average Bonchev–Trinajstić information content (AvgIpc) is 3.60. The van der Waals surface area contributed by atoms with Crippen LogP contribution in [0.5, 0.6) is 0 Å². The van der Waals surface area contributed by atoms with E-state index in [9.17, 15) is 14.4 Å². The van der Waals surface area contributed by atoms with E-state index in [0.29, 0.717) is 22.8 Å². The highest BCUT2D eigenvalue weighted by Gasteiger charge is 2.31. The van der Waals surface area contributed by atoms with E-state index in [4.69, 9.17) is 4.42 Å². The van der Waals surface area contributed by atoms with Crippen LogP contribution in [0, 0.1) is 12.8 Å². The van der Waals surface area contributed by atoms with Crippen molar-refractivity contribution >= 4 is 29.1 Å². The molecule has 38 heavy (non-hydrogen) atoms. The van der Waals surface area contributed by atoms with Gasteiger partial charge < -0.3 is 24.8 Å². The van der Waals surface area contributed by atoms with E-state index in [-0.39, 0.29) is 23.5 Å². The fraction of sp³-hybridized carbons (Fsp3) is 0.310. The Bertz CT molecular complexity index is 1460. The van der Waals surface area contributed by atoms with Gasteiger partial charge in [0, 0.05) is 30.7 Å². The second-order valence-electron chi connectivity index (χ2n) is 9.75. The number of aryl methyl sites for hydroxylation is 1. The third-order valence-electron chi connectivity index (χ3n) is 7.04. The summed E-state index contributed by atoms with van der Waals surface area (Å²) in [7, 11) is 1.58. The van der Waals surface area contributed by atoms with Gasteiger partial charge in [0.1, 0.15) is 23.1 Å². The zero-order valence-corrected chi connectivity index (χ0v) is 21.5. The summed E-state index contributed by atoms with van der Waals surface area (Å²) in [5.41, 5.74) is 3.46. The van der Waals surface area contributed by atoms with E-state index in [1.165, 1.54) is 0 Å². The number of nitrogens with one attached hydrogen (secondary N) is 3. The maximum absolute atomic E-state index is 12.9.